The maximum atomic E-state index is 12.4. The molecule has 1 unspecified atom stereocenters. The number of hydrogen-bond donors (Lipinski definition) is 1. The Morgan fingerprint density at radius 3 is 2.64 bits per heavy atom. The number of carbonyl (C=O) groups excluding carboxylic acids is 1. The van der Waals surface area contributed by atoms with E-state index >= 15 is 0 Å². The summed E-state index contributed by atoms with van der Waals surface area (Å²) in [6.45, 7) is 6.48. The lowest BCUT2D eigenvalue weighted by Gasteiger charge is -2.16. The summed E-state index contributed by atoms with van der Waals surface area (Å²) in [6.07, 6.45) is -0.669. The van der Waals surface area contributed by atoms with Crippen molar-refractivity contribution in [3.63, 3.8) is 0 Å². The van der Waals surface area contributed by atoms with Crippen LogP contribution < -0.4 is 14.8 Å². The maximum absolute atomic E-state index is 12.4. The maximum Gasteiger partial charge on any atom is 0.265 e. The number of nitrogens with one attached hydrogen (secondary N) is 1. The highest BCUT2D eigenvalue weighted by Crippen LogP contribution is 2.29. The second-order valence-electron chi connectivity index (χ2n) is 6.06. The van der Waals surface area contributed by atoms with Gasteiger partial charge < -0.3 is 14.8 Å². The molecule has 25 heavy (non-hydrogen) atoms. The molecule has 0 aliphatic rings. The fraction of sp³-hybridized carbons (Fsp3) is 0.316. The van der Waals surface area contributed by atoms with Crippen LogP contribution in [0.5, 0.6) is 11.5 Å². The molecule has 0 heterocycles. The van der Waals surface area contributed by atoms with E-state index in [-0.39, 0.29) is 5.91 Å². The Morgan fingerprint density at radius 1 is 1.20 bits per heavy atom. The Kier molecular flexibility index (Phi) is 7.14. The summed E-state index contributed by atoms with van der Waals surface area (Å²) in [5, 5.41) is 3.43. The molecule has 0 spiro atoms. The fourth-order valence-electron chi connectivity index (χ4n) is 1.99. The van der Waals surface area contributed by atoms with Crippen molar-refractivity contribution in [3.05, 3.63) is 52.0 Å². The van der Waals surface area contributed by atoms with Crippen molar-refractivity contribution in [2.75, 3.05) is 11.9 Å². The molecule has 134 valence electrons. The largest absolute Gasteiger partial charge is 0.493 e. The number of ether oxygens (including phenoxy) is 2. The van der Waals surface area contributed by atoms with Gasteiger partial charge in [0.2, 0.25) is 0 Å². The van der Waals surface area contributed by atoms with Gasteiger partial charge in [0, 0.05) is 16.8 Å². The number of hydrogen-bond acceptors (Lipinski definition) is 3. The van der Waals surface area contributed by atoms with Crippen LogP contribution in [0.2, 0.25) is 5.02 Å². The molecule has 0 saturated carbocycles. The van der Waals surface area contributed by atoms with E-state index in [1.165, 1.54) is 0 Å². The van der Waals surface area contributed by atoms with E-state index in [9.17, 15) is 4.79 Å². The zero-order valence-corrected chi connectivity index (χ0v) is 16.7. The predicted octanol–water partition coefficient (Wildman–Crippen LogP) is 5.54. The van der Waals surface area contributed by atoms with Crippen LogP contribution in [0.15, 0.2) is 46.9 Å². The van der Waals surface area contributed by atoms with Crippen LogP contribution in [0.3, 0.4) is 0 Å². The summed E-state index contributed by atoms with van der Waals surface area (Å²) in [4.78, 5) is 12.4. The first-order chi connectivity index (χ1) is 11.8. The summed E-state index contributed by atoms with van der Waals surface area (Å²) >= 11 is 9.28. The summed E-state index contributed by atoms with van der Waals surface area (Å²) in [6, 6.07) is 12.5. The van der Waals surface area contributed by atoms with Crippen molar-refractivity contribution in [2.45, 2.75) is 26.9 Å². The Bertz CT molecular complexity index is 736. The van der Waals surface area contributed by atoms with E-state index in [2.05, 4.69) is 35.1 Å². The van der Waals surface area contributed by atoms with E-state index in [0.29, 0.717) is 33.5 Å². The third kappa shape index (κ3) is 6.25. The molecule has 0 bridgehead atoms. The van der Waals surface area contributed by atoms with Gasteiger partial charge in [-0.3, -0.25) is 4.79 Å². The number of rotatable bonds is 7. The Balaban J connectivity index is 1.97. The van der Waals surface area contributed by atoms with Gasteiger partial charge in [-0.15, -0.1) is 0 Å². The molecular weight excluding hydrogens is 406 g/mol. The van der Waals surface area contributed by atoms with E-state index in [1.807, 2.05) is 18.2 Å². The molecule has 0 radical (unpaired) electrons. The van der Waals surface area contributed by atoms with Crippen molar-refractivity contribution >= 4 is 39.1 Å². The highest BCUT2D eigenvalue weighted by Gasteiger charge is 2.16. The van der Waals surface area contributed by atoms with Gasteiger partial charge in [-0.25, -0.2) is 0 Å². The minimum atomic E-state index is -0.669. The lowest BCUT2D eigenvalue weighted by atomic mass is 10.2. The summed E-state index contributed by atoms with van der Waals surface area (Å²) < 4.78 is 12.1. The van der Waals surface area contributed by atoms with Crippen molar-refractivity contribution in [1.82, 2.24) is 0 Å². The zero-order valence-electron chi connectivity index (χ0n) is 14.4. The average Bonchev–Trinajstić information content (AvgIpc) is 2.55. The fourth-order valence-corrected chi connectivity index (χ4v) is 2.76. The monoisotopic (exact) mass is 425 g/mol. The standard InChI is InChI=1S/C19H21BrClNO3/c1-12(2)11-24-16-6-4-5-15(10-16)22-19(23)13(3)25-18-8-7-14(21)9-17(18)20/h4-10,12-13H,11H2,1-3H3,(H,22,23). The van der Waals surface area contributed by atoms with E-state index < -0.39 is 6.10 Å². The average molecular weight is 427 g/mol. The van der Waals surface area contributed by atoms with Crippen molar-refractivity contribution < 1.29 is 14.3 Å². The molecule has 2 aromatic rings. The first-order valence-electron chi connectivity index (χ1n) is 8.00. The molecule has 1 N–H and O–H groups in total. The number of carbonyl (C=O) groups is 1. The first-order valence-corrected chi connectivity index (χ1v) is 9.17. The molecule has 0 aliphatic heterocycles. The minimum absolute atomic E-state index is 0.247. The molecule has 0 fully saturated rings. The number of anilines is 1. The van der Waals surface area contributed by atoms with Crippen LogP contribution in [-0.2, 0) is 4.79 Å². The second-order valence-corrected chi connectivity index (χ2v) is 7.35. The third-order valence-corrected chi connectivity index (χ3v) is 4.11. The van der Waals surface area contributed by atoms with Crippen LogP contribution in [0.4, 0.5) is 5.69 Å². The summed E-state index contributed by atoms with van der Waals surface area (Å²) in [5.41, 5.74) is 0.664. The Hall–Kier alpha value is -1.72. The smallest absolute Gasteiger partial charge is 0.265 e. The number of benzene rings is 2. The first kappa shape index (κ1) is 19.6. The predicted molar refractivity (Wildman–Crippen MR) is 105 cm³/mol. The van der Waals surface area contributed by atoms with Gasteiger partial charge in [0.15, 0.2) is 6.10 Å². The Labute approximate surface area is 161 Å². The lowest BCUT2D eigenvalue weighted by molar-refractivity contribution is -0.122. The molecular formula is C19H21BrClNO3. The molecule has 0 aromatic heterocycles. The second kappa shape index (κ2) is 9.11. The van der Waals surface area contributed by atoms with Crippen LogP contribution in [-0.4, -0.2) is 18.6 Å². The summed E-state index contributed by atoms with van der Waals surface area (Å²) in [7, 11) is 0. The highest BCUT2D eigenvalue weighted by molar-refractivity contribution is 9.10. The van der Waals surface area contributed by atoms with E-state index in [0.717, 1.165) is 5.75 Å². The van der Waals surface area contributed by atoms with Crippen molar-refractivity contribution in [1.29, 1.82) is 0 Å². The number of halogens is 2. The quantitative estimate of drug-likeness (QED) is 0.632. The van der Waals surface area contributed by atoms with Crippen LogP contribution in [0.1, 0.15) is 20.8 Å². The van der Waals surface area contributed by atoms with Gasteiger partial charge in [0.25, 0.3) is 5.91 Å². The molecule has 0 aliphatic carbocycles. The SMILES string of the molecule is CC(C)COc1cccc(NC(=O)C(C)Oc2ccc(Cl)cc2Br)c1. The van der Waals surface area contributed by atoms with Gasteiger partial charge in [-0.05, 0) is 59.1 Å². The van der Waals surface area contributed by atoms with Gasteiger partial charge in [0.05, 0.1) is 11.1 Å². The van der Waals surface area contributed by atoms with Crippen molar-refractivity contribution in [2.24, 2.45) is 5.92 Å². The molecule has 4 nitrogen and oxygen atoms in total. The van der Waals surface area contributed by atoms with Gasteiger partial charge in [-0.1, -0.05) is 31.5 Å². The van der Waals surface area contributed by atoms with Gasteiger partial charge >= 0.3 is 0 Å². The molecule has 2 rings (SSSR count). The van der Waals surface area contributed by atoms with Crippen LogP contribution in [0, 0.1) is 5.92 Å². The van der Waals surface area contributed by atoms with Crippen LogP contribution >= 0.6 is 27.5 Å². The zero-order chi connectivity index (χ0) is 18.4. The molecule has 1 amide bonds. The van der Waals surface area contributed by atoms with E-state index in [1.54, 1.807) is 31.2 Å². The third-order valence-electron chi connectivity index (χ3n) is 3.25. The molecule has 6 heteroatoms. The van der Waals surface area contributed by atoms with Gasteiger partial charge in [-0.2, -0.15) is 0 Å². The van der Waals surface area contributed by atoms with E-state index in [4.69, 9.17) is 21.1 Å². The normalized spacial score (nSPS) is 11.9. The summed E-state index contributed by atoms with van der Waals surface area (Å²) in [5.74, 6) is 1.47. The highest BCUT2D eigenvalue weighted by atomic mass is 79.9. The topological polar surface area (TPSA) is 47.6 Å². The Morgan fingerprint density at radius 2 is 1.96 bits per heavy atom. The molecule has 1 atom stereocenters. The molecule has 0 saturated heterocycles. The minimum Gasteiger partial charge on any atom is -0.493 e. The van der Waals surface area contributed by atoms with Crippen LogP contribution in [0.25, 0.3) is 0 Å². The molecule has 2 aromatic carbocycles. The van der Waals surface area contributed by atoms with Gasteiger partial charge in [0.1, 0.15) is 11.5 Å². The van der Waals surface area contributed by atoms with Crippen molar-refractivity contribution in [3.8, 4) is 11.5 Å². The lowest BCUT2D eigenvalue weighted by Crippen LogP contribution is -2.30. The number of amides is 1.